The van der Waals surface area contributed by atoms with Gasteiger partial charge in [0.2, 0.25) is 0 Å². The van der Waals surface area contributed by atoms with Crippen molar-refractivity contribution in [3.63, 3.8) is 0 Å². The highest BCUT2D eigenvalue weighted by Gasteiger charge is 2.17. The Morgan fingerprint density at radius 3 is 2.74 bits per heavy atom. The van der Waals surface area contributed by atoms with Crippen LogP contribution in [0.2, 0.25) is 0 Å². The van der Waals surface area contributed by atoms with Crippen molar-refractivity contribution in [1.29, 1.82) is 0 Å². The summed E-state index contributed by atoms with van der Waals surface area (Å²) in [6.45, 7) is 4.52. The van der Waals surface area contributed by atoms with Crippen molar-refractivity contribution in [3.8, 4) is 0 Å². The average molecular weight is 269 g/mol. The van der Waals surface area contributed by atoms with E-state index in [1.165, 1.54) is 12.1 Å². The molecule has 0 unspecified atom stereocenters. The molecule has 0 spiro atoms. The fourth-order valence-corrected chi connectivity index (χ4v) is 1.71. The fraction of sp³-hybridized carbons (Fsp3) is 0.545. The zero-order chi connectivity index (χ0) is 14.4. The first-order chi connectivity index (χ1) is 8.99. The maximum atomic E-state index is 10.9. The number of hydrogen-bond donors (Lipinski definition) is 3. The van der Waals surface area contributed by atoms with E-state index in [9.17, 15) is 10.1 Å². The van der Waals surface area contributed by atoms with Crippen molar-refractivity contribution in [2.24, 2.45) is 5.84 Å². The van der Waals surface area contributed by atoms with E-state index < -0.39 is 4.92 Å². The van der Waals surface area contributed by atoms with Crippen molar-refractivity contribution in [1.82, 2.24) is 4.98 Å². The molecule has 1 rings (SSSR count). The Hall–Kier alpha value is -1.93. The molecular formula is C11H19N5O3. The largest absolute Gasteiger partial charge is 0.396 e. The highest BCUT2D eigenvalue weighted by Crippen LogP contribution is 2.24. The molecule has 4 N–H and O–H groups in total. The number of nitrogens with two attached hydrogens (primary N) is 1. The van der Waals surface area contributed by atoms with Crippen LogP contribution in [0.25, 0.3) is 0 Å². The van der Waals surface area contributed by atoms with Crippen molar-refractivity contribution in [2.45, 2.75) is 26.3 Å². The third-order valence-corrected chi connectivity index (χ3v) is 2.63. The predicted octanol–water partition coefficient (Wildman–Crippen LogP) is 0.873. The molecule has 0 radical (unpaired) electrons. The molecule has 0 aromatic carbocycles. The van der Waals surface area contributed by atoms with Crippen LogP contribution in [-0.2, 0) is 0 Å². The second-order valence-electron chi connectivity index (χ2n) is 4.33. The SMILES string of the molecule is CC(C)N(CCCO)c1cc([N+](=O)[O-])cc(NN)n1. The van der Waals surface area contributed by atoms with Gasteiger partial charge in [0.1, 0.15) is 11.6 Å². The molecule has 19 heavy (non-hydrogen) atoms. The fourth-order valence-electron chi connectivity index (χ4n) is 1.71. The van der Waals surface area contributed by atoms with Crippen LogP contribution in [0.15, 0.2) is 12.1 Å². The van der Waals surface area contributed by atoms with Crippen molar-refractivity contribution < 1.29 is 10.0 Å². The van der Waals surface area contributed by atoms with Gasteiger partial charge in [0.25, 0.3) is 5.69 Å². The highest BCUT2D eigenvalue weighted by molar-refractivity contribution is 5.55. The van der Waals surface area contributed by atoms with Gasteiger partial charge in [0.15, 0.2) is 0 Å². The van der Waals surface area contributed by atoms with Crippen LogP contribution in [0.1, 0.15) is 20.3 Å². The van der Waals surface area contributed by atoms with Crippen molar-refractivity contribution in [3.05, 3.63) is 22.2 Å². The molecule has 0 saturated heterocycles. The number of nitrogen functional groups attached to an aromatic ring is 1. The minimum Gasteiger partial charge on any atom is -0.396 e. The van der Waals surface area contributed by atoms with E-state index in [-0.39, 0.29) is 24.2 Å². The summed E-state index contributed by atoms with van der Waals surface area (Å²) in [4.78, 5) is 16.5. The summed E-state index contributed by atoms with van der Waals surface area (Å²) < 4.78 is 0. The summed E-state index contributed by atoms with van der Waals surface area (Å²) in [7, 11) is 0. The number of rotatable bonds is 7. The van der Waals surface area contributed by atoms with E-state index in [0.717, 1.165) is 0 Å². The van der Waals surface area contributed by atoms with Gasteiger partial charge >= 0.3 is 0 Å². The number of hydrogen-bond acceptors (Lipinski definition) is 7. The lowest BCUT2D eigenvalue weighted by Gasteiger charge is -2.27. The second kappa shape index (κ2) is 6.86. The van der Waals surface area contributed by atoms with Crippen LogP contribution < -0.4 is 16.2 Å². The number of aliphatic hydroxyl groups excluding tert-OH is 1. The molecule has 8 heteroatoms. The van der Waals surface area contributed by atoms with E-state index in [4.69, 9.17) is 10.9 Å². The maximum Gasteiger partial charge on any atom is 0.276 e. The van der Waals surface area contributed by atoms with Crippen LogP contribution >= 0.6 is 0 Å². The maximum absolute atomic E-state index is 10.9. The van der Waals surface area contributed by atoms with Crippen LogP contribution in [0.5, 0.6) is 0 Å². The molecule has 8 nitrogen and oxygen atoms in total. The summed E-state index contributed by atoms with van der Waals surface area (Å²) in [6.07, 6.45) is 0.563. The minimum atomic E-state index is -0.490. The molecule has 106 valence electrons. The van der Waals surface area contributed by atoms with E-state index in [0.29, 0.717) is 18.8 Å². The zero-order valence-electron chi connectivity index (χ0n) is 11.0. The van der Waals surface area contributed by atoms with Gasteiger partial charge in [-0.15, -0.1) is 0 Å². The first-order valence-corrected chi connectivity index (χ1v) is 6.00. The first-order valence-electron chi connectivity index (χ1n) is 6.00. The lowest BCUT2D eigenvalue weighted by atomic mass is 10.2. The van der Waals surface area contributed by atoms with E-state index >= 15 is 0 Å². The Bertz CT molecular complexity index is 438. The van der Waals surface area contributed by atoms with Crippen LogP contribution in [-0.4, -0.2) is 34.2 Å². The zero-order valence-corrected chi connectivity index (χ0v) is 11.0. The Labute approximate surface area is 111 Å². The number of nitrogens with zero attached hydrogens (tertiary/aromatic N) is 3. The number of hydrazine groups is 1. The van der Waals surface area contributed by atoms with E-state index in [1.54, 1.807) is 0 Å². The standard InChI is InChI=1S/C11H19N5O3/c1-8(2)15(4-3-5-17)11-7-9(16(18)19)6-10(13-11)14-12/h6-8,17H,3-5,12H2,1-2H3,(H,13,14). The monoisotopic (exact) mass is 269 g/mol. The van der Waals surface area contributed by atoms with Gasteiger partial charge < -0.3 is 15.4 Å². The molecular weight excluding hydrogens is 250 g/mol. The molecule has 0 aliphatic heterocycles. The predicted molar refractivity (Wildman–Crippen MR) is 72.9 cm³/mol. The van der Waals surface area contributed by atoms with Crippen molar-refractivity contribution in [2.75, 3.05) is 23.5 Å². The number of anilines is 2. The molecule has 0 aliphatic carbocycles. The third kappa shape index (κ3) is 4.04. The summed E-state index contributed by atoms with van der Waals surface area (Å²) in [5, 5.41) is 19.8. The van der Waals surface area contributed by atoms with Gasteiger partial charge in [-0.2, -0.15) is 0 Å². The minimum absolute atomic E-state index is 0.0557. The molecule has 0 atom stereocenters. The first kappa shape index (κ1) is 15.1. The molecule has 0 amide bonds. The molecule has 0 bridgehead atoms. The topological polar surface area (TPSA) is 118 Å². The Morgan fingerprint density at radius 1 is 1.58 bits per heavy atom. The molecule has 1 aromatic rings. The lowest BCUT2D eigenvalue weighted by Crippen LogP contribution is -2.33. The second-order valence-corrected chi connectivity index (χ2v) is 4.33. The van der Waals surface area contributed by atoms with Gasteiger partial charge in [-0.3, -0.25) is 10.1 Å². The molecule has 0 saturated carbocycles. The molecule has 0 aliphatic rings. The van der Waals surface area contributed by atoms with Gasteiger partial charge in [-0.1, -0.05) is 0 Å². The Morgan fingerprint density at radius 2 is 2.26 bits per heavy atom. The summed E-state index contributed by atoms with van der Waals surface area (Å²) in [5.41, 5.74) is 2.24. The van der Waals surface area contributed by atoms with Crippen LogP contribution in [0.4, 0.5) is 17.3 Å². The number of aliphatic hydroxyl groups is 1. The summed E-state index contributed by atoms with van der Waals surface area (Å²) in [5.74, 6) is 5.97. The Kier molecular flexibility index (Phi) is 5.46. The quantitative estimate of drug-likeness (QED) is 0.382. The van der Waals surface area contributed by atoms with Gasteiger partial charge in [0.05, 0.1) is 17.1 Å². The van der Waals surface area contributed by atoms with E-state index in [2.05, 4.69) is 10.4 Å². The number of nitrogens with one attached hydrogen (secondary N) is 1. The Balaban J connectivity index is 3.13. The van der Waals surface area contributed by atoms with Crippen LogP contribution in [0.3, 0.4) is 0 Å². The van der Waals surface area contributed by atoms with Crippen molar-refractivity contribution >= 4 is 17.3 Å². The molecule has 1 heterocycles. The average Bonchev–Trinajstić information content (AvgIpc) is 2.38. The third-order valence-electron chi connectivity index (χ3n) is 2.63. The molecule has 0 fully saturated rings. The lowest BCUT2D eigenvalue weighted by molar-refractivity contribution is -0.384. The van der Waals surface area contributed by atoms with Gasteiger partial charge in [-0.25, -0.2) is 10.8 Å². The number of aromatic nitrogens is 1. The van der Waals surface area contributed by atoms with Gasteiger partial charge in [0, 0.05) is 19.2 Å². The summed E-state index contributed by atoms with van der Waals surface area (Å²) in [6, 6.07) is 2.78. The highest BCUT2D eigenvalue weighted by atomic mass is 16.6. The normalized spacial score (nSPS) is 10.6. The van der Waals surface area contributed by atoms with E-state index in [1.807, 2.05) is 18.7 Å². The summed E-state index contributed by atoms with van der Waals surface area (Å²) >= 11 is 0. The van der Waals surface area contributed by atoms with Gasteiger partial charge in [-0.05, 0) is 20.3 Å². The van der Waals surface area contributed by atoms with Crippen LogP contribution in [0, 0.1) is 10.1 Å². The number of pyridine rings is 1. The molecule has 1 aromatic heterocycles. The number of nitro groups is 1. The smallest absolute Gasteiger partial charge is 0.276 e.